The summed E-state index contributed by atoms with van der Waals surface area (Å²) in [5, 5.41) is 3.41. The quantitative estimate of drug-likeness (QED) is 0.208. The predicted molar refractivity (Wildman–Crippen MR) is 86.2 cm³/mol. The summed E-state index contributed by atoms with van der Waals surface area (Å²) in [7, 11) is 0. The van der Waals surface area contributed by atoms with E-state index >= 15 is 0 Å². The summed E-state index contributed by atoms with van der Waals surface area (Å²) < 4.78 is 11.3. The first-order valence-electron chi connectivity index (χ1n) is 8.19. The Morgan fingerprint density at radius 3 is 2.76 bits per heavy atom. The maximum Gasteiger partial charge on any atom is 0.205 e. The number of hydrazine groups is 1. The number of nitrogens with two attached hydrogens (primary N) is 1. The SMILES string of the molecule is CCOCCCN=C(NN)NC1CCOC(CC)(CC)C1. The Morgan fingerprint density at radius 2 is 2.14 bits per heavy atom. The summed E-state index contributed by atoms with van der Waals surface area (Å²) in [6.07, 6.45) is 4.97. The van der Waals surface area contributed by atoms with Crippen molar-refractivity contribution in [2.24, 2.45) is 10.8 Å². The van der Waals surface area contributed by atoms with Gasteiger partial charge in [-0.05, 0) is 39.0 Å². The largest absolute Gasteiger partial charge is 0.382 e. The van der Waals surface area contributed by atoms with Gasteiger partial charge in [0.2, 0.25) is 5.96 Å². The van der Waals surface area contributed by atoms with Gasteiger partial charge in [0.15, 0.2) is 0 Å². The standard InChI is InChI=1S/C15H32N4O2/c1-4-15(5-2)12-13(8-11-21-15)18-14(19-16)17-9-7-10-20-6-3/h13H,4-12,16H2,1-3H3,(H2,17,18,19). The minimum absolute atomic E-state index is 0.00455. The Bertz CT molecular complexity index is 306. The van der Waals surface area contributed by atoms with Crippen LogP contribution in [0.3, 0.4) is 0 Å². The molecule has 0 saturated carbocycles. The first-order valence-corrected chi connectivity index (χ1v) is 8.19. The van der Waals surface area contributed by atoms with Crippen LogP contribution < -0.4 is 16.6 Å². The molecule has 0 bridgehead atoms. The molecular weight excluding hydrogens is 268 g/mol. The Morgan fingerprint density at radius 1 is 1.38 bits per heavy atom. The third-order valence-electron chi connectivity index (χ3n) is 4.18. The third kappa shape index (κ3) is 6.20. The van der Waals surface area contributed by atoms with Gasteiger partial charge < -0.3 is 14.8 Å². The lowest BCUT2D eigenvalue weighted by Gasteiger charge is -2.40. The summed E-state index contributed by atoms with van der Waals surface area (Å²) in [4.78, 5) is 4.46. The minimum atomic E-state index is 0.00455. The zero-order chi connectivity index (χ0) is 15.6. The van der Waals surface area contributed by atoms with Gasteiger partial charge in [-0.2, -0.15) is 0 Å². The molecule has 6 heteroatoms. The molecule has 124 valence electrons. The molecule has 21 heavy (non-hydrogen) atoms. The monoisotopic (exact) mass is 300 g/mol. The smallest absolute Gasteiger partial charge is 0.205 e. The van der Waals surface area contributed by atoms with E-state index < -0.39 is 0 Å². The van der Waals surface area contributed by atoms with Gasteiger partial charge >= 0.3 is 0 Å². The summed E-state index contributed by atoms with van der Waals surface area (Å²) in [6.45, 7) is 9.37. The van der Waals surface area contributed by atoms with Gasteiger partial charge in [0, 0.05) is 32.4 Å². The van der Waals surface area contributed by atoms with E-state index in [4.69, 9.17) is 15.3 Å². The molecule has 0 amide bonds. The summed E-state index contributed by atoms with van der Waals surface area (Å²) >= 11 is 0. The van der Waals surface area contributed by atoms with Gasteiger partial charge in [0.25, 0.3) is 0 Å². The highest BCUT2D eigenvalue weighted by atomic mass is 16.5. The van der Waals surface area contributed by atoms with Crippen molar-refractivity contribution in [2.45, 2.75) is 64.5 Å². The fourth-order valence-corrected chi connectivity index (χ4v) is 2.72. The van der Waals surface area contributed by atoms with Crippen molar-refractivity contribution >= 4 is 5.96 Å². The first-order chi connectivity index (χ1) is 10.2. The van der Waals surface area contributed by atoms with E-state index in [2.05, 4.69) is 29.6 Å². The number of hydrogen-bond donors (Lipinski definition) is 3. The maximum atomic E-state index is 5.99. The molecule has 1 heterocycles. The van der Waals surface area contributed by atoms with Gasteiger partial charge in [0.1, 0.15) is 0 Å². The Kier molecular flexibility index (Phi) is 8.64. The Hall–Kier alpha value is -0.850. The highest BCUT2D eigenvalue weighted by Gasteiger charge is 2.34. The molecule has 1 saturated heterocycles. The zero-order valence-corrected chi connectivity index (χ0v) is 13.8. The van der Waals surface area contributed by atoms with E-state index in [1.807, 2.05) is 6.92 Å². The number of aliphatic imine (C=N–C) groups is 1. The van der Waals surface area contributed by atoms with Crippen LogP contribution >= 0.6 is 0 Å². The van der Waals surface area contributed by atoms with E-state index in [0.717, 1.165) is 51.9 Å². The second-order valence-electron chi connectivity index (χ2n) is 5.50. The van der Waals surface area contributed by atoms with Crippen molar-refractivity contribution in [1.29, 1.82) is 0 Å². The number of rotatable bonds is 8. The summed E-state index contributed by atoms with van der Waals surface area (Å²) in [5.41, 5.74) is 2.67. The van der Waals surface area contributed by atoms with Gasteiger partial charge in [-0.15, -0.1) is 0 Å². The Balaban J connectivity index is 2.43. The number of guanidine groups is 1. The van der Waals surface area contributed by atoms with Crippen molar-refractivity contribution in [3.8, 4) is 0 Å². The van der Waals surface area contributed by atoms with Crippen LogP contribution in [-0.4, -0.2) is 44.0 Å². The lowest BCUT2D eigenvalue weighted by atomic mass is 9.86. The van der Waals surface area contributed by atoms with Crippen molar-refractivity contribution in [3.05, 3.63) is 0 Å². The average Bonchev–Trinajstić information content (AvgIpc) is 2.53. The lowest BCUT2D eigenvalue weighted by molar-refractivity contribution is -0.0910. The molecule has 1 aliphatic heterocycles. The highest BCUT2D eigenvalue weighted by molar-refractivity contribution is 5.79. The molecule has 0 aliphatic carbocycles. The molecular formula is C15H32N4O2. The number of ether oxygens (including phenoxy) is 2. The van der Waals surface area contributed by atoms with Crippen LogP contribution in [0.1, 0.15) is 52.9 Å². The lowest BCUT2D eigenvalue weighted by Crippen LogP contribution is -2.52. The number of nitrogens with one attached hydrogen (secondary N) is 2. The topological polar surface area (TPSA) is 80.9 Å². The van der Waals surface area contributed by atoms with Crippen molar-refractivity contribution < 1.29 is 9.47 Å². The fraction of sp³-hybridized carbons (Fsp3) is 0.933. The number of hydrogen-bond acceptors (Lipinski definition) is 4. The predicted octanol–water partition coefficient (Wildman–Crippen LogP) is 1.56. The molecule has 0 radical (unpaired) electrons. The van der Waals surface area contributed by atoms with E-state index in [1.54, 1.807) is 0 Å². The highest BCUT2D eigenvalue weighted by Crippen LogP contribution is 2.31. The van der Waals surface area contributed by atoms with E-state index in [1.165, 1.54) is 0 Å². The molecule has 0 aromatic rings. The van der Waals surface area contributed by atoms with Gasteiger partial charge in [-0.3, -0.25) is 10.4 Å². The van der Waals surface area contributed by atoms with Crippen LogP contribution in [0.5, 0.6) is 0 Å². The zero-order valence-electron chi connectivity index (χ0n) is 13.8. The molecule has 0 spiro atoms. The average molecular weight is 300 g/mol. The van der Waals surface area contributed by atoms with Crippen LogP contribution in [0, 0.1) is 0 Å². The molecule has 4 N–H and O–H groups in total. The molecule has 1 rings (SSSR count). The molecule has 0 aromatic heterocycles. The van der Waals surface area contributed by atoms with Crippen molar-refractivity contribution in [1.82, 2.24) is 10.7 Å². The van der Waals surface area contributed by atoms with Crippen LogP contribution in [0.4, 0.5) is 0 Å². The van der Waals surface area contributed by atoms with E-state index in [9.17, 15) is 0 Å². The summed E-state index contributed by atoms with van der Waals surface area (Å²) in [6, 6.07) is 0.361. The van der Waals surface area contributed by atoms with Crippen LogP contribution in [0.25, 0.3) is 0 Å². The molecule has 1 unspecified atom stereocenters. The second-order valence-corrected chi connectivity index (χ2v) is 5.50. The molecule has 6 nitrogen and oxygen atoms in total. The van der Waals surface area contributed by atoms with E-state index in [0.29, 0.717) is 18.5 Å². The fourth-order valence-electron chi connectivity index (χ4n) is 2.72. The molecule has 1 aliphatic rings. The van der Waals surface area contributed by atoms with Crippen LogP contribution in [-0.2, 0) is 9.47 Å². The normalized spacial score (nSPS) is 22.1. The summed E-state index contributed by atoms with van der Waals surface area (Å²) in [5.74, 6) is 6.22. The van der Waals surface area contributed by atoms with Gasteiger partial charge in [0.05, 0.1) is 5.60 Å². The molecule has 1 fully saturated rings. The Labute approximate surface area is 128 Å². The molecule has 0 aromatic carbocycles. The maximum absolute atomic E-state index is 5.99. The van der Waals surface area contributed by atoms with Crippen LogP contribution in [0.15, 0.2) is 4.99 Å². The van der Waals surface area contributed by atoms with Gasteiger partial charge in [-0.25, -0.2) is 5.84 Å². The number of nitrogens with zero attached hydrogens (tertiary/aromatic N) is 1. The minimum Gasteiger partial charge on any atom is -0.382 e. The first kappa shape index (κ1) is 18.2. The second kappa shape index (κ2) is 9.97. The van der Waals surface area contributed by atoms with Gasteiger partial charge in [-0.1, -0.05) is 13.8 Å². The van der Waals surface area contributed by atoms with Crippen molar-refractivity contribution in [2.75, 3.05) is 26.4 Å². The van der Waals surface area contributed by atoms with Crippen molar-refractivity contribution in [3.63, 3.8) is 0 Å². The third-order valence-corrected chi connectivity index (χ3v) is 4.18. The van der Waals surface area contributed by atoms with E-state index in [-0.39, 0.29) is 5.60 Å². The molecule has 1 atom stereocenters. The van der Waals surface area contributed by atoms with Crippen LogP contribution in [0.2, 0.25) is 0 Å².